The van der Waals surface area contributed by atoms with Crippen molar-refractivity contribution in [3.05, 3.63) is 59.6 Å². The van der Waals surface area contributed by atoms with Gasteiger partial charge in [0.25, 0.3) is 5.91 Å². The molecule has 122 valence electrons. The van der Waals surface area contributed by atoms with Crippen LogP contribution in [0.25, 0.3) is 10.6 Å². The molecule has 0 aliphatic heterocycles. The second kappa shape index (κ2) is 7.42. The Morgan fingerprint density at radius 2 is 1.83 bits per heavy atom. The Kier molecular flexibility index (Phi) is 5.08. The maximum absolute atomic E-state index is 12.2. The monoisotopic (exact) mass is 359 g/mol. The van der Waals surface area contributed by atoms with E-state index in [1.165, 1.54) is 11.3 Å². The molecule has 3 aromatic rings. The molecule has 0 saturated heterocycles. The van der Waals surface area contributed by atoms with Crippen molar-refractivity contribution in [2.75, 3.05) is 5.32 Å². The van der Waals surface area contributed by atoms with E-state index in [1.54, 1.807) is 31.2 Å². The first-order chi connectivity index (χ1) is 11.6. The minimum absolute atomic E-state index is 0.291. The van der Waals surface area contributed by atoms with Crippen molar-refractivity contribution in [2.45, 2.75) is 13.0 Å². The van der Waals surface area contributed by atoms with Gasteiger partial charge in [-0.1, -0.05) is 53.3 Å². The van der Waals surface area contributed by atoms with Crippen LogP contribution in [-0.4, -0.2) is 22.2 Å². The third-order valence-corrected chi connectivity index (χ3v) is 4.31. The van der Waals surface area contributed by atoms with E-state index >= 15 is 0 Å². The molecule has 1 atom stereocenters. The molecule has 24 heavy (non-hydrogen) atoms. The molecular weight excluding hydrogens is 346 g/mol. The van der Waals surface area contributed by atoms with Crippen molar-refractivity contribution >= 4 is 34.0 Å². The van der Waals surface area contributed by atoms with Gasteiger partial charge in [-0.15, -0.1) is 10.2 Å². The lowest BCUT2D eigenvalue weighted by Crippen LogP contribution is -2.30. The molecule has 1 amide bonds. The number of nitrogens with zero attached hydrogens (tertiary/aromatic N) is 2. The summed E-state index contributed by atoms with van der Waals surface area (Å²) in [5, 5.41) is 12.6. The van der Waals surface area contributed by atoms with E-state index in [1.807, 2.05) is 30.3 Å². The summed E-state index contributed by atoms with van der Waals surface area (Å²) in [6.07, 6.45) is -0.671. The van der Waals surface area contributed by atoms with Crippen LogP contribution in [0.5, 0.6) is 5.75 Å². The highest BCUT2D eigenvalue weighted by Crippen LogP contribution is 2.26. The van der Waals surface area contributed by atoms with Crippen molar-refractivity contribution in [1.82, 2.24) is 10.2 Å². The average Bonchev–Trinajstić information content (AvgIpc) is 3.06. The lowest BCUT2D eigenvalue weighted by Gasteiger charge is -2.13. The van der Waals surface area contributed by atoms with Gasteiger partial charge in [0.1, 0.15) is 10.8 Å². The second-order valence-corrected chi connectivity index (χ2v) is 6.40. The van der Waals surface area contributed by atoms with Crippen molar-refractivity contribution < 1.29 is 9.53 Å². The minimum Gasteiger partial charge on any atom is -0.481 e. The van der Waals surface area contributed by atoms with Gasteiger partial charge < -0.3 is 4.74 Å². The number of hydrogen-bond donors (Lipinski definition) is 1. The van der Waals surface area contributed by atoms with Crippen LogP contribution in [0.4, 0.5) is 5.13 Å². The number of rotatable bonds is 5. The van der Waals surface area contributed by atoms with Gasteiger partial charge in [0.15, 0.2) is 6.10 Å². The molecule has 0 fully saturated rings. The maximum atomic E-state index is 12.2. The van der Waals surface area contributed by atoms with Crippen molar-refractivity contribution in [3.63, 3.8) is 0 Å². The number of ether oxygens (including phenoxy) is 1. The molecule has 3 rings (SSSR count). The number of aromatic nitrogens is 2. The summed E-state index contributed by atoms with van der Waals surface area (Å²) >= 11 is 7.14. The van der Waals surface area contributed by atoms with E-state index in [0.29, 0.717) is 15.9 Å². The molecule has 7 heteroatoms. The second-order valence-electron chi connectivity index (χ2n) is 4.98. The van der Waals surface area contributed by atoms with E-state index < -0.39 is 6.10 Å². The van der Waals surface area contributed by atoms with Gasteiger partial charge in [-0.05, 0) is 31.2 Å². The van der Waals surface area contributed by atoms with Crippen LogP contribution in [-0.2, 0) is 4.79 Å². The number of carbonyl (C=O) groups is 1. The Hall–Kier alpha value is -2.44. The van der Waals surface area contributed by atoms with Crippen molar-refractivity contribution in [2.24, 2.45) is 0 Å². The van der Waals surface area contributed by atoms with E-state index in [9.17, 15) is 4.79 Å². The summed E-state index contributed by atoms with van der Waals surface area (Å²) in [5.41, 5.74) is 0.959. The Balaban J connectivity index is 1.62. The van der Waals surface area contributed by atoms with Crippen LogP contribution in [0.15, 0.2) is 54.6 Å². The van der Waals surface area contributed by atoms with E-state index in [4.69, 9.17) is 16.3 Å². The van der Waals surface area contributed by atoms with Crippen LogP contribution < -0.4 is 10.1 Å². The number of anilines is 1. The van der Waals surface area contributed by atoms with Crippen LogP contribution >= 0.6 is 22.9 Å². The highest BCUT2D eigenvalue weighted by molar-refractivity contribution is 7.18. The van der Waals surface area contributed by atoms with Gasteiger partial charge in [0.05, 0.1) is 0 Å². The van der Waals surface area contributed by atoms with Crippen molar-refractivity contribution in [1.29, 1.82) is 0 Å². The number of halogens is 1. The van der Waals surface area contributed by atoms with Crippen LogP contribution in [0.3, 0.4) is 0 Å². The molecule has 0 radical (unpaired) electrons. The molecule has 1 aromatic heterocycles. The normalized spacial score (nSPS) is 11.8. The first kappa shape index (κ1) is 16.4. The lowest BCUT2D eigenvalue weighted by molar-refractivity contribution is -0.122. The first-order valence-electron chi connectivity index (χ1n) is 7.24. The predicted octanol–water partition coefficient (Wildman–Crippen LogP) is 4.26. The molecule has 1 heterocycles. The van der Waals surface area contributed by atoms with Crippen LogP contribution in [0, 0.1) is 0 Å². The summed E-state index contributed by atoms with van der Waals surface area (Å²) < 4.78 is 5.58. The lowest BCUT2D eigenvalue weighted by atomic mass is 10.2. The Morgan fingerprint density at radius 1 is 1.12 bits per heavy atom. The molecular formula is C17H14ClN3O2S. The number of nitrogens with one attached hydrogen (secondary N) is 1. The zero-order chi connectivity index (χ0) is 16.9. The number of amides is 1. The van der Waals surface area contributed by atoms with E-state index in [-0.39, 0.29) is 5.91 Å². The largest absolute Gasteiger partial charge is 0.481 e. The third kappa shape index (κ3) is 4.10. The molecule has 0 bridgehead atoms. The van der Waals surface area contributed by atoms with E-state index in [0.717, 1.165) is 10.6 Å². The molecule has 5 nitrogen and oxygen atoms in total. The van der Waals surface area contributed by atoms with Gasteiger partial charge in [-0.2, -0.15) is 0 Å². The third-order valence-electron chi connectivity index (χ3n) is 3.17. The number of carbonyl (C=O) groups excluding carboxylic acids is 1. The van der Waals surface area contributed by atoms with Gasteiger partial charge in [0, 0.05) is 10.6 Å². The SMILES string of the molecule is C[C@H](Oc1ccc(Cl)cc1)C(=O)Nc1nnc(-c2ccccc2)s1. The fourth-order valence-electron chi connectivity index (χ4n) is 1.95. The zero-order valence-corrected chi connectivity index (χ0v) is 14.3. The number of hydrogen-bond acceptors (Lipinski definition) is 5. The van der Waals surface area contributed by atoms with Gasteiger partial charge >= 0.3 is 0 Å². The zero-order valence-electron chi connectivity index (χ0n) is 12.8. The fourth-order valence-corrected chi connectivity index (χ4v) is 2.83. The Bertz CT molecular complexity index is 821. The van der Waals surface area contributed by atoms with Crippen LogP contribution in [0.2, 0.25) is 5.02 Å². The summed E-state index contributed by atoms with van der Waals surface area (Å²) in [6.45, 7) is 1.67. The smallest absolute Gasteiger partial charge is 0.266 e. The summed E-state index contributed by atoms with van der Waals surface area (Å²) in [4.78, 5) is 12.2. The molecule has 2 aromatic carbocycles. The number of benzene rings is 2. The summed E-state index contributed by atoms with van der Waals surface area (Å²) in [7, 11) is 0. The highest BCUT2D eigenvalue weighted by atomic mass is 35.5. The minimum atomic E-state index is -0.671. The molecule has 0 saturated carbocycles. The topological polar surface area (TPSA) is 64.1 Å². The molecule has 0 aliphatic carbocycles. The van der Waals surface area contributed by atoms with Crippen molar-refractivity contribution in [3.8, 4) is 16.3 Å². The highest BCUT2D eigenvalue weighted by Gasteiger charge is 2.17. The maximum Gasteiger partial charge on any atom is 0.266 e. The fraction of sp³-hybridized carbons (Fsp3) is 0.118. The standard InChI is InChI=1S/C17H14ClN3O2S/c1-11(23-14-9-7-13(18)8-10-14)15(22)19-17-21-20-16(24-17)12-5-3-2-4-6-12/h2-11H,1H3,(H,19,21,22)/t11-/m0/s1. The first-order valence-corrected chi connectivity index (χ1v) is 8.43. The molecule has 0 spiro atoms. The average molecular weight is 360 g/mol. The Labute approximate surface area is 148 Å². The quantitative estimate of drug-likeness (QED) is 0.739. The van der Waals surface area contributed by atoms with Gasteiger partial charge in [-0.3, -0.25) is 10.1 Å². The van der Waals surface area contributed by atoms with E-state index in [2.05, 4.69) is 15.5 Å². The van der Waals surface area contributed by atoms with Gasteiger partial charge in [-0.25, -0.2) is 0 Å². The summed E-state index contributed by atoms with van der Waals surface area (Å²) in [5.74, 6) is 0.282. The summed E-state index contributed by atoms with van der Waals surface area (Å²) in [6, 6.07) is 16.5. The molecule has 0 aliphatic rings. The Morgan fingerprint density at radius 3 is 2.54 bits per heavy atom. The molecule has 0 unspecified atom stereocenters. The predicted molar refractivity (Wildman–Crippen MR) is 95.5 cm³/mol. The van der Waals surface area contributed by atoms with Gasteiger partial charge in [0.2, 0.25) is 5.13 Å². The molecule has 1 N–H and O–H groups in total. The van der Waals surface area contributed by atoms with Crippen LogP contribution in [0.1, 0.15) is 6.92 Å².